The van der Waals surface area contributed by atoms with Crippen molar-refractivity contribution < 1.29 is 0 Å². The van der Waals surface area contributed by atoms with Crippen LogP contribution < -0.4 is 25.3 Å². The van der Waals surface area contributed by atoms with Gasteiger partial charge in [0, 0.05) is 46.0 Å². The van der Waals surface area contributed by atoms with Gasteiger partial charge in [0.1, 0.15) is 23.8 Å². The molecule has 29 heavy (non-hydrogen) atoms. The summed E-state index contributed by atoms with van der Waals surface area (Å²) in [6.45, 7) is 10.3. The zero-order chi connectivity index (χ0) is 20.1. The van der Waals surface area contributed by atoms with Crippen LogP contribution in [0, 0.1) is 0 Å². The Labute approximate surface area is 172 Å². The Balaban J connectivity index is 1.66. The SMILES string of the molecule is C=C(Nc1ccncn1)N1CCCCN(C)c2ccc(N3CCCNCC3)nc21. The lowest BCUT2D eigenvalue weighted by atomic mass is 10.2. The maximum absolute atomic E-state index is 5.12. The molecule has 2 N–H and O–H groups in total. The first kappa shape index (κ1) is 19.4. The van der Waals surface area contributed by atoms with E-state index in [1.54, 1.807) is 6.20 Å². The van der Waals surface area contributed by atoms with E-state index < -0.39 is 0 Å². The summed E-state index contributed by atoms with van der Waals surface area (Å²) < 4.78 is 0. The molecule has 0 radical (unpaired) electrons. The highest BCUT2D eigenvalue weighted by Crippen LogP contribution is 2.33. The van der Waals surface area contributed by atoms with E-state index in [0.717, 1.165) is 87.5 Å². The Morgan fingerprint density at radius 2 is 1.97 bits per heavy atom. The lowest BCUT2D eigenvalue weighted by molar-refractivity contribution is 0.686. The highest BCUT2D eigenvalue weighted by Gasteiger charge is 2.23. The molecule has 2 aliphatic heterocycles. The fourth-order valence-electron chi connectivity index (χ4n) is 3.87. The van der Waals surface area contributed by atoms with Gasteiger partial charge in [-0.3, -0.25) is 0 Å². The second-order valence-corrected chi connectivity index (χ2v) is 7.55. The maximum Gasteiger partial charge on any atom is 0.160 e. The van der Waals surface area contributed by atoms with Crippen molar-refractivity contribution in [2.24, 2.45) is 0 Å². The summed E-state index contributed by atoms with van der Waals surface area (Å²) in [5.41, 5.74) is 1.13. The standard InChI is InChI=1S/C21H30N8/c1-17(25-19-8-10-23-16-24-19)29-14-4-3-12-27(2)18-6-7-20(26-21(18)29)28-13-5-9-22-11-15-28/h6-8,10,16,22H,1,3-5,9,11-15H2,2H3,(H,23,24,25). The summed E-state index contributed by atoms with van der Waals surface area (Å²) in [6.07, 6.45) is 6.60. The van der Waals surface area contributed by atoms with Crippen LogP contribution in [0.3, 0.4) is 0 Å². The van der Waals surface area contributed by atoms with Crippen molar-refractivity contribution in [2.45, 2.75) is 19.3 Å². The van der Waals surface area contributed by atoms with E-state index in [1.807, 2.05) is 6.07 Å². The molecule has 8 heteroatoms. The molecular formula is C21H30N8. The summed E-state index contributed by atoms with van der Waals surface area (Å²) in [5.74, 6) is 3.49. The number of pyridine rings is 1. The molecule has 0 atom stereocenters. The Morgan fingerprint density at radius 3 is 2.83 bits per heavy atom. The van der Waals surface area contributed by atoms with Crippen molar-refractivity contribution in [3.05, 3.63) is 43.1 Å². The number of nitrogens with zero attached hydrogens (tertiary/aromatic N) is 6. The van der Waals surface area contributed by atoms with Crippen molar-refractivity contribution >= 4 is 23.1 Å². The predicted octanol–water partition coefficient (Wildman–Crippen LogP) is 2.29. The van der Waals surface area contributed by atoms with Crippen LogP contribution in [0.25, 0.3) is 0 Å². The third-order valence-corrected chi connectivity index (χ3v) is 5.48. The monoisotopic (exact) mass is 394 g/mol. The highest BCUT2D eigenvalue weighted by molar-refractivity contribution is 5.73. The third kappa shape index (κ3) is 4.59. The average molecular weight is 395 g/mol. The Kier molecular flexibility index (Phi) is 6.09. The molecular weight excluding hydrogens is 364 g/mol. The van der Waals surface area contributed by atoms with E-state index in [1.165, 1.54) is 6.33 Å². The fraction of sp³-hybridized carbons (Fsp3) is 0.476. The van der Waals surface area contributed by atoms with Gasteiger partial charge in [0.15, 0.2) is 5.82 Å². The topological polar surface area (TPSA) is 72.5 Å². The normalized spacial score (nSPS) is 17.8. The van der Waals surface area contributed by atoms with Crippen LogP contribution in [-0.2, 0) is 0 Å². The Morgan fingerprint density at radius 1 is 1.07 bits per heavy atom. The number of hydrogen-bond donors (Lipinski definition) is 2. The maximum atomic E-state index is 5.12. The van der Waals surface area contributed by atoms with Gasteiger partial charge in [0.05, 0.1) is 5.69 Å². The summed E-state index contributed by atoms with van der Waals surface area (Å²) in [6, 6.07) is 6.20. The van der Waals surface area contributed by atoms with Gasteiger partial charge >= 0.3 is 0 Å². The van der Waals surface area contributed by atoms with Crippen LogP contribution in [0.5, 0.6) is 0 Å². The summed E-state index contributed by atoms with van der Waals surface area (Å²) in [7, 11) is 2.14. The van der Waals surface area contributed by atoms with Crippen LogP contribution in [0.15, 0.2) is 43.1 Å². The number of anilines is 4. The molecule has 0 bridgehead atoms. The van der Waals surface area contributed by atoms with Crippen LogP contribution >= 0.6 is 0 Å². The second-order valence-electron chi connectivity index (χ2n) is 7.55. The molecule has 0 saturated carbocycles. The molecule has 0 aliphatic carbocycles. The second kappa shape index (κ2) is 9.09. The largest absolute Gasteiger partial charge is 0.372 e. The minimum Gasteiger partial charge on any atom is -0.372 e. The van der Waals surface area contributed by atoms with Gasteiger partial charge in [-0.2, -0.15) is 0 Å². The average Bonchev–Trinajstić information content (AvgIpc) is 3.02. The smallest absolute Gasteiger partial charge is 0.160 e. The third-order valence-electron chi connectivity index (χ3n) is 5.48. The van der Waals surface area contributed by atoms with Gasteiger partial charge < -0.3 is 25.3 Å². The van der Waals surface area contributed by atoms with Crippen molar-refractivity contribution in [3.8, 4) is 0 Å². The van der Waals surface area contributed by atoms with Gasteiger partial charge in [0.25, 0.3) is 0 Å². The van der Waals surface area contributed by atoms with Crippen molar-refractivity contribution in [3.63, 3.8) is 0 Å². The molecule has 0 amide bonds. The molecule has 1 saturated heterocycles. The van der Waals surface area contributed by atoms with Crippen LogP contribution in [0.2, 0.25) is 0 Å². The predicted molar refractivity (Wildman–Crippen MR) is 119 cm³/mol. The molecule has 8 nitrogen and oxygen atoms in total. The van der Waals surface area contributed by atoms with E-state index >= 15 is 0 Å². The molecule has 2 aromatic heterocycles. The Bertz CT molecular complexity index is 817. The molecule has 2 aromatic rings. The number of rotatable bonds is 4. The molecule has 0 unspecified atom stereocenters. The zero-order valence-corrected chi connectivity index (χ0v) is 17.1. The number of aromatic nitrogens is 3. The van der Waals surface area contributed by atoms with E-state index in [-0.39, 0.29) is 0 Å². The zero-order valence-electron chi connectivity index (χ0n) is 17.1. The van der Waals surface area contributed by atoms with Gasteiger partial charge in [-0.1, -0.05) is 6.58 Å². The first-order chi connectivity index (χ1) is 14.2. The van der Waals surface area contributed by atoms with E-state index in [4.69, 9.17) is 4.98 Å². The first-order valence-electron chi connectivity index (χ1n) is 10.4. The summed E-state index contributed by atoms with van der Waals surface area (Å²) in [5, 5.41) is 6.79. The molecule has 1 fully saturated rings. The van der Waals surface area contributed by atoms with E-state index in [9.17, 15) is 0 Å². The number of nitrogens with one attached hydrogen (secondary N) is 2. The minimum atomic E-state index is 0.733. The van der Waals surface area contributed by atoms with Gasteiger partial charge in [-0.05, 0) is 44.0 Å². The molecule has 4 heterocycles. The van der Waals surface area contributed by atoms with E-state index in [2.05, 4.69) is 61.1 Å². The molecule has 0 spiro atoms. The molecule has 0 aromatic carbocycles. The van der Waals surface area contributed by atoms with Crippen molar-refractivity contribution in [2.75, 3.05) is 66.3 Å². The molecule has 4 rings (SSSR count). The van der Waals surface area contributed by atoms with Gasteiger partial charge in [-0.25, -0.2) is 15.0 Å². The summed E-state index contributed by atoms with van der Waals surface area (Å²) in [4.78, 5) is 20.2. The molecule has 2 aliphatic rings. The fourth-order valence-corrected chi connectivity index (χ4v) is 3.87. The quantitative estimate of drug-likeness (QED) is 0.818. The minimum absolute atomic E-state index is 0.733. The number of fused-ring (bicyclic) bond motifs is 1. The number of hydrogen-bond acceptors (Lipinski definition) is 8. The van der Waals surface area contributed by atoms with Crippen LogP contribution in [0.4, 0.5) is 23.1 Å². The van der Waals surface area contributed by atoms with Gasteiger partial charge in [0.2, 0.25) is 0 Å². The van der Waals surface area contributed by atoms with Gasteiger partial charge in [-0.15, -0.1) is 0 Å². The van der Waals surface area contributed by atoms with E-state index in [0.29, 0.717) is 0 Å². The van der Waals surface area contributed by atoms with Crippen LogP contribution in [0.1, 0.15) is 19.3 Å². The first-order valence-corrected chi connectivity index (χ1v) is 10.4. The van der Waals surface area contributed by atoms with Crippen molar-refractivity contribution in [1.82, 2.24) is 20.3 Å². The lowest BCUT2D eigenvalue weighted by Gasteiger charge is -2.34. The highest BCUT2D eigenvalue weighted by atomic mass is 15.3. The Hall–Kier alpha value is -2.87. The summed E-state index contributed by atoms with van der Waals surface area (Å²) >= 11 is 0. The molecule has 154 valence electrons. The van der Waals surface area contributed by atoms with Crippen LogP contribution in [-0.4, -0.2) is 61.3 Å². The van der Waals surface area contributed by atoms with Crippen molar-refractivity contribution in [1.29, 1.82) is 0 Å². The lowest BCUT2D eigenvalue weighted by Crippen LogP contribution is -2.35.